The fraction of sp³-hybridized carbons (Fsp3) is 0.571. The standard InChI is InChI=1S/C14H21BrO3/c1-14(2,18-4)9-12(16)8-10-7-11(15)5-6-13(10)17-3/h5-7,12,16H,8-9H2,1-4H3. The molecule has 1 aromatic carbocycles. The van der Waals surface area contributed by atoms with E-state index in [0.717, 1.165) is 15.8 Å². The Morgan fingerprint density at radius 1 is 1.33 bits per heavy atom. The highest BCUT2D eigenvalue weighted by Crippen LogP contribution is 2.26. The Balaban J connectivity index is 2.75. The van der Waals surface area contributed by atoms with Gasteiger partial charge in [0.05, 0.1) is 18.8 Å². The summed E-state index contributed by atoms with van der Waals surface area (Å²) in [4.78, 5) is 0. The molecule has 0 aliphatic heterocycles. The normalized spacial score (nSPS) is 13.4. The van der Waals surface area contributed by atoms with Crippen LogP contribution in [0.4, 0.5) is 0 Å². The summed E-state index contributed by atoms with van der Waals surface area (Å²) in [5.74, 6) is 0.799. The van der Waals surface area contributed by atoms with Crippen molar-refractivity contribution < 1.29 is 14.6 Å². The molecule has 0 aliphatic carbocycles. The molecule has 0 heterocycles. The van der Waals surface area contributed by atoms with Gasteiger partial charge >= 0.3 is 0 Å². The van der Waals surface area contributed by atoms with Crippen molar-refractivity contribution in [3.8, 4) is 5.75 Å². The van der Waals surface area contributed by atoms with Gasteiger partial charge in [-0.15, -0.1) is 0 Å². The van der Waals surface area contributed by atoms with Gasteiger partial charge in [-0.2, -0.15) is 0 Å². The summed E-state index contributed by atoms with van der Waals surface area (Å²) in [5.41, 5.74) is 0.671. The zero-order chi connectivity index (χ0) is 13.8. The maximum absolute atomic E-state index is 10.1. The van der Waals surface area contributed by atoms with Gasteiger partial charge in [0, 0.05) is 24.4 Å². The maximum Gasteiger partial charge on any atom is 0.122 e. The number of benzene rings is 1. The first-order valence-electron chi connectivity index (χ1n) is 5.93. The van der Waals surface area contributed by atoms with Crippen LogP contribution in [0.1, 0.15) is 25.8 Å². The summed E-state index contributed by atoms with van der Waals surface area (Å²) in [6.45, 7) is 3.93. The molecule has 0 saturated carbocycles. The second kappa shape index (κ2) is 6.55. The Bertz CT molecular complexity index is 391. The Morgan fingerprint density at radius 2 is 2.00 bits per heavy atom. The van der Waals surface area contributed by atoms with Gasteiger partial charge in [-0.25, -0.2) is 0 Å². The van der Waals surface area contributed by atoms with E-state index in [1.54, 1.807) is 14.2 Å². The molecule has 4 heteroatoms. The van der Waals surface area contributed by atoms with Gasteiger partial charge in [0.2, 0.25) is 0 Å². The van der Waals surface area contributed by atoms with Crippen LogP contribution in [0.25, 0.3) is 0 Å². The lowest BCUT2D eigenvalue weighted by Crippen LogP contribution is -2.29. The van der Waals surface area contributed by atoms with Crippen LogP contribution in [-0.4, -0.2) is 31.0 Å². The number of methoxy groups -OCH3 is 2. The number of hydrogen-bond donors (Lipinski definition) is 1. The highest BCUT2D eigenvalue weighted by Gasteiger charge is 2.22. The van der Waals surface area contributed by atoms with Crippen molar-refractivity contribution in [2.45, 2.75) is 38.4 Å². The van der Waals surface area contributed by atoms with E-state index in [-0.39, 0.29) is 5.60 Å². The molecule has 0 amide bonds. The first kappa shape index (κ1) is 15.5. The Morgan fingerprint density at radius 3 is 2.56 bits per heavy atom. The number of aliphatic hydroxyl groups excluding tert-OH is 1. The maximum atomic E-state index is 10.1. The van der Waals surface area contributed by atoms with E-state index in [1.807, 2.05) is 32.0 Å². The van der Waals surface area contributed by atoms with Gasteiger partial charge in [0.1, 0.15) is 5.75 Å². The van der Waals surface area contributed by atoms with Crippen molar-refractivity contribution >= 4 is 15.9 Å². The van der Waals surface area contributed by atoms with Crippen LogP contribution in [-0.2, 0) is 11.2 Å². The molecule has 0 saturated heterocycles. The number of halogens is 1. The lowest BCUT2D eigenvalue weighted by Gasteiger charge is -2.26. The molecule has 1 N–H and O–H groups in total. The minimum absolute atomic E-state index is 0.321. The third-order valence-corrected chi connectivity index (χ3v) is 3.47. The largest absolute Gasteiger partial charge is 0.496 e. The van der Waals surface area contributed by atoms with Crippen LogP contribution < -0.4 is 4.74 Å². The summed E-state index contributed by atoms with van der Waals surface area (Å²) < 4.78 is 11.6. The minimum Gasteiger partial charge on any atom is -0.496 e. The second-order valence-corrected chi connectivity index (χ2v) is 5.90. The molecule has 102 valence electrons. The highest BCUT2D eigenvalue weighted by molar-refractivity contribution is 9.10. The van der Waals surface area contributed by atoms with E-state index in [4.69, 9.17) is 9.47 Å². The number of hydrogen-bond acceptors (Lipinski definition) is 3. The molecule has 1 aromatic rings. The molecule has 0 fully saturated rings. The summed E-state index contributed by atoms with van der Waals surface area (Å²) in [7, 11) is 3.30. The van der Waals surface area contributed by atoms with Crippen LogP contribution in [0.15, 0.2) is 22.7 Å². The van der Waals surface area contributed by atoms with Crippen molar-refractivity contribution in [1.29, 1.82) is 0 Å². The van der Waals surface area contributed by atoms with Crippen molar-refractivity contribution in [2.24, 2.45) is 0 Å². The lowest BCUT2D eigenvalue weighted by molar-refractivity contribution is -0.0191. The Labute approximate surface area is 117 Å². The molecule has 1 rings (SSSR count). The average molecular weight is 317 g/mol. The van der Waals surface area contributed by atoms with Gasteiger partial charge in [0.15, 0.2) is 0 Å². The Kier molecular flexibility index (Phi) is 5.63. The summed E-state index contributed by atoms with van der Waals surface area (Å²) in [6, 6.07) is 5.79. The number of aliphatic hydroxyl groups is 1. The minimum atomic E-state index is -0.455. The van der Waals surface area contributed by atoms with E-state index in [1.165, 1.54) is 0 Å². The van der Waals surface area contributed by atoms with Crippen LogP contribution in [0.2, 0.25) is 0 Å². The summed E-state index contributed by atoms with van der Waals surface area (Å²) in [6.07, 6.45) is 0.678. The molecule has 0 aromatic heterocycles. The van der Waals surface area contributed by atoms with Gasteiger partial charge < -0.3 is 14.6 Å². The quantitative estimate of drug-likeness (QED) is 0.876. The third kappa shape index (κ3) is 4.59. The van der Waals surface area contributed by atoms with E-state index in [0.29, 0.717) is 12.8 Å². The summed E-state index contributed by atoms with van der Waals surface area (Å²) in [5, 5.41) is 10.1. The van der Waals surface area contributed by atoms with Crippen LogP contribution in [0.5, 0.6) is 5.75 Å². The molecule has 3 nitrogen and oxygen atoms in total. The lowest BCUT2D eigenvalue weighted by atomic mass is 9.96. The molecule has 0 spiro atoms. The van der Waals surface area contributed by atoms with E-state index >= 15 is 0 Å². The van der Waals surface area contributed by atoms with Crippen molar-refractivity contribution in [1.82, 2.24) is 0 Å². The van der Waals surface area contributed by atoms with E-state index < -0.39 is 6.10 Å². The average Bonchev–Trinajstić information content (AvgIpc) is 2.28. The molecule has 0 radical (unpaired) electrons. The van der Waals surface area contributed by atoms with Crippen LogP contribution >= 0.6 is 15.9 Å². The molecule has 0 bridgehead atoms. The monoisotopic (exact) mass is 316 g/mol. The van der Waals surface area contributed by atoms with Gasteiger partial charge in [-0.05, 0) is 37.6 Å². The van der Waals surface area contributed by atoms with Crippen molar-refractivity contribution in [3.63, 3.8) is 0 Å². The zero-order valence-electron chi connectivity index (χ0n) is 11.4. The smallest absolute Gasteiger partial charge is 0.122 e. The zero-order valence-corrected chi connectivity index (χ0v) is 13.0. The van der Waals surface area contributed by atoms with Crippen LogP contribution in [0.3, 0.4) is 0 Å². The third-order valence-electron chi connectivity index (χ3n) is 2.98. The topological polar surface area (TPSA) is 38.7 Å². The molecular weight excluding hydrogens is 296 g/mol. The molecule has 1 atom stereocenters. The predicted molar refractivity (Wildman–Crippen MR) is 76.1 cm³/mol. The van der Waals surface area contributed by atoms with Crippen LogP contribution in [0, 0.1) is 0 Å². The second-order valence-electron chi connectivity index (χ2n) is 4.98. The first-order valence-corrected chi connectivity index (χ1v) is 6.73. The summed E-state index contributed by atoms with van der Waals surface area (Å²) >= 11 is 3.43. The molecule has 0 aliphatic rings. The molecular formula is C14H21BrO3. The van der Waals surface area contributed by atoms with E-state index in [2.05, 4.69) is 15.9 Å². The molecule has 18 heavy (non-hydrogen) atoms. The Hall–Kier alpha value is -0.580. The number of rotatable bonds is 6. The van der Waals surface area contributed by atoms with Gasteiger partial charge in [0.25, 0.3) is 0 Å². The first-order chi connectivity index (χ1) is 8.38. The fourth-order valence-corrected chi connectivity index (χ4v) is 2.29. The fourth-order valence-electron chi connectivity index (χ4n) is 1.88. The molecule has 1 unspecified atom stereocenters. The SMILES string of the molecule is COc1ccc(Br)cc1CC(O)CC(C)(C)OC. The van der Waals surface area contributed by atoms with Crippen molar-refractivity contribution in [3.05, 3.63) is 28.2 Å². The van der Waals surface area contributed by atoms with Gasteiger partial charge in [-0.3, -0.25) is 0 Å². The van der Waals surface area contributed by atoms with E-state index in [9.17, 15) is 5.11 Å². The van der Waals surface area contributed by atoms with Gasteiger partial charge in [-0.1, -0.05) is 15.9 Å². The predicted octanol–water partition coefficient (Wildman–Crippen LogP) is 3.18. The number of ether oxygens (including phenoxy) is 2. The highest BCUT2D eigenvalue weighted by atomic mass is 79.9. The van der Waals surface area contributed by atoms with Crippen molar-refractivity contribution in [2.75, 3.05) is 14.2 Å².